The highest BCUT2D eigenvalue weighted by molar-refractivity contribution is 5.79. The molecule has 0 radical (unpaired) electrons. The van der Waals surface area contributed by atoms with E-state index in [0.29, 0.717) is 31.3 Å². The Kier molecular flexibility index (Phi) is 4.98. The van der Waals surface area contributed by atoms with Crippen molar-refractivity contribution in [2.24, 2.45) is 0 Å². The lowest BCUT2D eigenvalue weighted by Crippen LogP contribution is -2.55. The lowest BCUT2D eigenvalue weighted by Gasteiger charge is -2.38. The molecule has 1 amide bonds. The smallest absolute Gasteiger partial charge is 0.227 e. The van der Waals surface area contributed by atoms with Crippen molar-refractivity contribution >= 4 is 5.91 Å². The van der Waals surface area contributed by atoms with Gasteiger partial charge in [-0.1, -0.05) is 12.1 Å². The minimum Gasteiger partial charge on any atom is -0.479 e. The molecule has 1 aliphatic heterocycles. The van der Waals surface area contributed by atoms with Gasteiger partial charge in [0.1, 0.15) is 17.9 Å². The van der Waals surface area contributed by atoms with E-state index in [4.69, 9.17) is 10.00 Å². The van der Waals surface area contributed by atoms with Crippen LogP contribution in [-0.2, 0) is 11.2 Å². The van der Waals surface area contributed by atoms with Crippen LogP contribution >= 0.6 is 0 Å². The molecule has 1 aromatic rings. The zero-order chi connectivity index (χ0) is 16.9. The van der Waals surface area contributed by atoms with Gasteiger partial charge in [-0.3, -0.25) is 9.69 Å². The molecule has 3 rings (SSSR count). The first-order valence-corrected chi connectivity index (χ1v) is 8.23. The van der Waals surface area contributed by atoms with Crippen LogP contribution in [0.4, 0.5) is 0 Å². The van der Waals surface area contributed by atoms with Gasteiger partial charge in [-0.15, -0.1) is 0 Å². The van der Waals surface area contributed by atoms with Gasteiger partial charge < -0.3 is 9.64 Å². The summed E-state index contributed by atoms with van der Waals surface area (Å²) in [5.41, 5.74) is 0.905. The van der Waals surface area contributed by atoms with Gasteiger partial charge in [0.2, 0.25) is 5.91 Å². The largest absolute Gasteiger partial charge is 0.479 e. The molecule has 0 N–H and O–H groups in total. The molecule has 0 bridgehead atoms. The summed E-state index contributed by atoms with van der Waals surface area (Å²) in [4.78, 5) is 16.5. The Morgan fingerprint density at radius 1 is 1.21 bits per heavy atom. The number of piperazine rings is 1. The first-order valence-electron chi connectivity index (χ1n) is 8.23. The third kappa shape index (κ3) is 3.84. The van der Waals surface area contributed by atoms with Crippen LogP contribution in [0.15, 0.2) is 24.3 Å². The summed E-state index contributed by atoms with van der Waals surface area (Å²) in [6.45, 7) is 1.99. The number of benzene rings is 1. The van der Waals surface area contributed by atoms with Crippen LogP contribution in [-0.4, -0.2) is 54.0 Å². The van der Waals surface area contributed by atoms with E-state index in [0.717, 1.165) is 12.1 Å². The van der Waals surface area contributed by atoms with Crippen LogP contribution in [0.2, 0.25) is 0 Å². The van der Waals surface area contributed by atoms with Crippen molar-refractivity contribution in [3.63, 3.8) is 0 Å². The number of hydrogen-bond donors (Lipinski definition) is 0. The number of carbonyl (C=O) groups excluding carboxylic acids is 1. The molecule has 124 valence electrons. The number of ether oxygens (including phenoxy) is 1. The van der Waals surface area contributed by atoms with E-state index in [2.05, 4.69) is 11.0 Å². The molecule has 1 heterocycles. The van der Waals surface area contributed by atoms with Crippen LogP contribution in [0.1, 0.15) is 18.4 Å². The first kappa shape index (κ1) is 16.3. The first-order chi connectivity index (χ1) is 11.7. The lowest BCUT2D eigenvalue weighted by atomic mass is 10.1. The van der Waals surface area contributed by atoms with Gasteiger partial charge in [-0.05, 0) is 30.5 Å². The van der Waals surface area contributed by atoms with Gasteiger partial charge in [0.05, 0.1) is 12.5 Å². The average Bonchev–Trinajstić information content (AvgIpc) is 3.45. The zero-order valence-electron chi connectivity index (χ0n) is 13.5. The Morgan fingerprint density at radius 3 is 2.58 bits per heavy atom. The lowest BCUT2D eigenvalue weighted by molar-refractivity contribution is -0.133. The molecule has 1 aromatic carbocycles. The van der Waals surface area contributed by atoms with E-state index in [1.54, 1.807) is 17.0 Å². The van der Waals surface area contributed by atoms with Gasteiger partial charge in [0.15, 0.2) is 6.61 Å². The van der Waals surface area contributed by atoms with E-state index in [9.17, 15) is 10.1 Å². The second-order valence-electron chi connectivity index (χ2n) is 6.22. The standard InChI is InChI=1S/C18H20N4O2/c19-7-10-24-17-5-1-14(2-6-17)11-18(23)21-8-9-22(15-3-4-15)16(12-20)13-21/h1-2,5-6,15-16H,3-4,8-11,13H2. The molecule has 1 aliphatic carbocycles. The monoisotopic (exact) mass is 324 g/mol. The molecule has 6 nitrogen and oxygen atoms in total. The summed E-state index contributed by atoms with van der Waals surface area (Å²) < 4.78 is 5.20. The van der Waals surface area contributed by atoms with Crippen LogP contribution < -0.4 is 4.74 Å². The predicted molar refractivity (Wildman–Crippen MR) is 87.0 cm³/mol. The molecule has 6 heteroatoms. The molecule has 1 atom stereocenters. The summed E-state index contributed by atoms with van der Waals surface area (Å²) in [6, 6.07) is 11.8. The number of nitriles is 2. The number of carbonyl (C=O) groups is 1. The molecule has 1 saturated carbocycles. The Hall–Kier alpha value is -2.57. The third-order valence-corrected chi connectivity index (χ3v) is 4.52. The van der Waals surface area contributed by atoms with Gasteiger partial charge in [-0.2, -0.15) is 10.5 Å². The molecule has 0 aromatic heterocycles. The highest BCUT2D eigenvalue weighted by Gasteiger charge is 2.38. The maximum atomic E-state index is 12.5. The third-order valence-electron chi connectivity index (χ3n) is 4.52. The SMILES string of the molecule is N#CCOc1ccc(CC(=O)N2CCN(C3CC3)C(C#N)C2)cc1. The van der Waals surface area contributed by atoms with E-state index in [1.165, 1.54) is 12.8 Å². The van der Waals surface area contributed by atoms with E-state index >= 15 is 0 Å². The summed E-state index contributed by atoms with van der Waals surface area (Å²) in [5, 5.41) is 17.9. The zero-order valence-corrected chi connectivity index (χ0v) is 13.5. The maximum Gasteiger partial charge on any atom is 0.227 e. The van der Waals surface area contributed by atoms with E-state index in [1.807, 2.05) is 18.2 Å². The molecule has 1 unspecified atom stereocenters. The van der Waals surface area contributed by atoms with Crippen LogP contribution in [0.25, 0.3) is 0 Å². The second kappa shape index (κ2) is 7.33. The predicted octanol–water partition coefficient (Wildman–Crippen LogP) is 1.33. The second-order valence-corrected chi connectivity index (χ2v) is 6.22. The van der Waals surface area contributed by atoms with Crippen LogP contribution in [0, 0.1) is 22.7 Å². The van der Waals surface area contributed by atoms with Gasteiger partial charge in [0, 0.05) is 25.7 Å². The Labute approximate surface area is 141 Å². The Bertz CT molecular complexity index is 670. The molecular weight excluding hydrogens is 304 g/mol. The molecule has 24 heavy (non-hydrogen) atoms. The summed E-state index contributed by atoms with van der Waals surface area (Å²) in [6.07, 6.45) is 2.67. The quantitative estimate of drug-likeness (QED) is 0.816. The van der Waals surface area contributed by atoms with Crippen LogP contribution in [0.5, 0.6) is 5.75 Å². The fourth-order valence-corrected chi connectivity index (χ4v) is 3.09. The molecule has 2 fully saturated rings. The van der Waals surface area contributed by atoms with Crippen molar-refractivity contribution < 1.29 is 9.53 Å². The van der Waals surface area contributed by atoms with Gasteiger partial charge in [0.25, 0.3) is 0 Å². The Balaban J connectivity index is 1.55. The summed E-state index contributed by atoms with van der Waals surface area (Å²) in [7, 11) is 0. The maximum absolute atomic E-state index is 12.5. The van der Waals surface area contributed by atoms with Crippen LogP contribution in [0.3, 0.4) is 0 Å². The van der Waals surface area contributed by atoms with Crippen molar-refractivity contribution in [1.82, 2.24) is 9.80 Å². The van der Waals surface area contributed by atoms with Crippen molar-refractivity contribution in [2.45, 2.75) is 31.3 Å². The molecule has 2 aliphatic rings. The van der Waals surface area contributed by atoms with Crippen molar-refractivity contribution in [2.75, 3.05) is 26.2 Å². The fourth-order valence-electron chi connectivity index (χ4n) is 3.09. The summed E-state index contributed by atoms with van der Waals surface area (Å²) in [5.74, 6) is 0.673. The minimum absolute atomic E-state index is 0.0130. The normalized spacial score (nSPS) is 20.9. The Morgan fingerprint density at radius 2 is 1.96 bits per heavy atom. The number of amides is 1. The minimum atomic E-state index is -0.183. The van der Waals surface area contributed by atoms with Gasteiger partial charge >= 0.3 is 0 Å². The van der Waals surface area contributed by atoms with E-state index < -0.39 is 0 Å². The molecule has 0 spiro atoms. The van der Waals surface area contributed by atoms with Crippen molar-refractivity contribution in [3.8, 4) is 17.9 Å². The van der Waals surface area contributed by atoms with Crippen molar-refractivity contribution in [3.05, 3.63) is 29.8 Å². The fraction of sp³-hybridized carbons (Fsp3) is 0.500. The molecule has 1 saturated heterocycles. The topological polar surface area (TPSA) is 80.4 Å². The van der Waals surface area contributed by atoms with E-state index in [-0.39, 0.29) is 18.6 Å². The van der Waals surface area contributed by atoms with Gasteiger partial charge in [-0.25, -0.2) is 0 Å². The van der Waals surface area contributed by atoms with Crippen molar-refractivity contribution in [1.29, 1.82) is 10.5 Å². The molecular formula is C18H20N4O2. The number of hydrogen-bond acceptors (Lipinski definition) is 5. The number of nitrogens with zero attached hydrogens (tertiary/aromatic N) is 4. The average molecular weight is 324 g/mol. The number of rotatable bonds is 5. The highest BCUT2D eigenvalue weighted by Crippen LogP contribution is 2.30. The highest BCUT2D eigenvalue weighted by atomic mass is 16.5. The summed E-state index contributed by atoms with van der Waals surface area (Å²) >= 11 is 0.